The maximum absolute atomic E-state index is 3.75. The van der Waals surface area contributed by atoms with Crippen molar-refractivity contribution in [3.8, 4) is 0 Å². The van der Waals surface area contributed by atoms with Crippen LogP contribution in [-0.2, 0) is 0 Å². The maximum atomic E-state index is 3.75. The molecule has 1 aromatic rings. The van der Waals surface area contributed by atoms with E-state index in [2.05, 4.69) is 35.3 Å². The van der Waals surface area contributed by atoms with Crippen molar-refractivity contribution in [1.82, 2.24) is 0 Å². The average Bonchev–Trinajstić information content (AvgIpc) is 2.87. The number of thioether (sulfide) groups is 1. The summed E-state index contributed by atoms with van der Waals surface area (Å²) in [6.07, 6.45) is 10.7. The van der Waals surface area contributed by atoms with Gasteiger partial charge < -0.3 is 0 Å². The Hall–Kier alpha value is -0.500. The van der Waals surface area contributed by atoms with Gasteiger partial charge in [0.2, 0.25) is 0 Å². The number of nitrogens with zero attached hydrogens (tertiary/aromatic N) is 1. The zero-order chi connectivity index (χ0) is 7.68. The van der Waals surface area contributed by atoms with Crippen molar-refractivity contribution >= 4 is 11.8 Å². The van der Waals surface area contributed by atoms with Crippen LogP contribution in [0.4, 0.5) is 0 Å². The zero-order valence-corrected chi connectivity index (χ0v) is 7.18. The van der Waals surface area contributed by atoms with E-state index in [9.17, 15) is 0 Å². The van der Waals surface area contributed by atoms with E-state index in [4.69, 9.17) is 0 Å². The van der Waals surface area contributed by atoms with Crippen LogP contribution in [-0.4, -0.2) is 0 Å². The van der Waals surface area contributed by atoms with Gasteiger partial charge in [0.25, 0.3) is 0 Å². The van der Waals surface area contributed by atoms with Crippen molar-refractivity contribution in [2.75, 3.05) is 0 Å². The van der Waals surface area contributed by atoms with Crippen molar-refractivity contribution in [3.05, 3.63) is 30.8 Å². The molecule has 1 aliphatic carbocycles. The van der Waals surface area contributed by atoms with E-state index in [1.165, 1.54) is 17.7 Å². The minimum atomic E-state index is 0.791. The highest BCUT2D eigenvalue weighted by atomic mass is 32.2. The molecule has 1 aliphatic rings. The van der Waals surface area contributed by atoms with Crippen LogP contribution in [0.1, 0.15) is 18.9 Å². The third-order valence-corrected chi connectivity index (χ3v) is 2.56. The summed E-state index contributed by atoms with van der Waals surface area (Å²) in [5, 5.41) is 0. The van der Waals surface area contributed by atoms with E-state index < -0.39 is 0 Å². The number of pyridine rings is 1. The van der Waals surface area contributed by atoms with E-state index >= 15 is 0 Å². The third-order valence-electron chi connectivity index (χ3n) is 1.96. The summed E-state index contributed by atoms with van der Waals surface area (Å²) in [5.74, 6) is 0. The average molecular weight is 165 g/mol. The first-order chi connectivity index (χ1) is 5.40. The smallest absolute Gasteiger partial charge is 0.170 e. The van der Waals surface area contributed by atoms with Crippen molar-refractivity contribution < 1.29 is 4.57 Å². The second-order valence-electron chi connectivity index (χ2n) is 2.86. The molecule has 0 amide bonds. The molecule has 57 valence electrons. The lowest BCUT2D eigenvalue weighted by Crippen LogP contribution is -2.30. The minimum absolute atomic E-state index is 0.791. The van der Waals surface area contributed by atoms with E-state index in [1.54, 1.807) is 11.8 Å². The largest absolute Gasteiger partial charge is 0.202 e. The third kappa shape index (κ3) is 1.56. The molecule has 0 aromatic carbocycles. The Balaban J connectivity index is 2.19. The van der Waals surface area contributed by atoms with Gasteiger partial charge in [-0.3, -0.25) is 0 Å². The molecule has 0 aliphatic heterocycles. The van der Waals surface area contributed by atoms with Gasteiger partial charge in [0.1, 0.15) is 0 Å². The monoisotopic (exact) mass is 165 g/mol. The van der Waals surface area contributed by atoms with Gasteiger partial charge in [0.05, 0.1) is 0 Å². The van der Waals surface area contributed by atoms with Crippen molar-refractivity contribution in [2.24, 2.45) is 0 Å². The fourth-order valence-corrected chi connectivity index (χ4v) is 1.45. The Kier molecular flexibility index (Phi) is 1.86. The molecule has 11 heavy (non-hydrogen) atoms. The van der Waals surface area contributed by atoms with Gasteiger partial charge in [-0.05, 0) is 0 Å². The van der Waals surface area contributed by atoms with Gasteiger partial charge in [-0.2, -0.15) is 0 Å². The van der Waals surface area contributed by atoms with Crippen molar-refractivity contribution in [3.63, 3.8) is 0 Å². The summed E-state index contributed by atoms with van der Waals surface area (Å²) in [6, 6.07) is 5.03. The highest BCUT2D eigenvalue weighted by Gasteiger charge is 2.30. The summed E-state index contributed by atoms with van der Waals surface area (Å²) in [5.41, 5.74) is 0. The van der Waals surface area contributed by atoms with Gasteiger partial charge in [-0.25, -0.2) is 4.57 Å². The molecule has 1 nitrogen and oxygen atoms in total. The molecule has 1 radical (unpaired) electrons. The fraction of sp³-hybridized carbons (Fsp3) is 0.333. The van der Waals surface area contributed by atoms with Crippen molar-refractivity contribution in [1.29, 1.82) is 0 Å². The van der Waals surface area contributed by atoms with Crippen LogP contribution in [0.2, 0.25) is 0 Å². The van der Waals surface area contributed by atoms with Gasteiger partial charge in [0.15, 0.2) is 18.4 Å². The van der Waals surface area contributed by atoms with Crippen LogP contribution >= 0.6 is 11.8 Å². The molecule has 0 bridgehead atoms. The fourth-order valence-electron chi connectivity index (χ4n) is 1.14. The summed E-state index contributed by atoms with van der Waals surface area (Å²) in [6.45, 7) is 0. The Morgan fingerprint density at radius 3 is 2.45 bits per heavy atom. The summed E-state index contributed by atoms with van der Waals surface area (Å²) >= 11 is 1.55. The lowest BCUT2D eigenvalue weighted by atomic mass is 10.4. The Bertz CT molecular complexity index is 238. The Morgan fingerprint density at radius 1 is 1.36 bits per heavy atom. The Morgan fingerprint density at radius 2 is 2.00 bits per heavy atom. The summed E-state index contributed by atoms with van der Waals surface area (Å²) in [7, 11) is 0. The van der Waals surface area contributed by atoms with Crippen LogP contribution in [0.5, 0.6) is 0 Å². The molecular formula is C9H11NS+. The Labute approximate surface area is 71.4 Å². The first-order valence-electron chi connectivity index (χ1n) is 3.83. The van der Waals surface area contributed by atoms with Gasteiger partial charge in [0, 0.05) is 36.1 Å². The number of hydrogen-bond acceptors (Lipinski definition) is 1. The molecule has 1 fully saturated rings. The van der Waals surface area contributed by atoms with Crippen LogP contribution in [0.15, 0.2) is 29.4 Å². The predicted molar refractivity (Wildman–Crippen MR) is 46.1 cm³/mol. The molecule has 1 saturated carbocycles. The summed E-state index contributed by atoms with van der Waals surface area (Å²) in [4.78, 5) is 1.24. The summed E-state index contributed by atoms with van der Waals surface area (Å²) < 4.78 is 2.28. The molecule has 2 rings (SSSR count). The predicted octanol–water partition coefficient (Wildman–Crippen LogP) is 2.19. The first-order valence-corrected chi connectivity index (χ1v) is 4.81. The second kappa shape index (κ2) is 2.86. The van der Waals surface area contributed by atoms with Crippen LogP contribution in [0.3, 0.4) is 0 Å². The number of rotatable bonds is 2. The SMILES string of the molecule is [CH2]Sc1cc[n+](C2CC2)cc1. The topological polar surface area (TPSA) is 3.88 Å². The quantitative estimate of drug-likeness (QED) is 0.480. The lowest BCUT2D eigenvalue weighted by Gasteiger charge is -1.93. The number of aromatic nitrogens is 1. The molecule has 0 N–H and O–H groups in total. The van der Waals surface area contributed by atoms with Gasteiger partial charge in [-0.15, -0.1) is 11.8 Å². The highest BCUT2D eigenvalue weighted by Crippen LogP contribution is 2.28. The molecule has 0 atom stereocenters. The molecular weight excluding hydrogens is 154 g/mol. The zero-order valence-electron chi connectivity index (χ0n) is 6.36. The van der Waals surface area contributed by atoms with Gasteiger partial charge >= 0.3 is 0 Å². The van der Waals surface area contributed by atoms with Crippen LogP contribution < -0.4 is 4.57 Å². The molecule has 0 saturated heterocycles. The lowest BCUT2D eigenvalue weighted by molar-refractivity contribution is -0.700. The molecule has 2 heteroatoms. The second-order valence-corrected chi connectivity index (χ2v) is 3.62. The standard InChI is InChI=1S/C9H11NS/c1-11-9-4-6-10(7-5-9)8-2-3-8/h4-8H,1-3H2/q+1. The maximum Gasteiger partial charge on any atom is 0.170 e. The molecule has 1 aromatic heterocycles. The van der Waals surface area contributed by atoms with Crippen molar-refractivity contribution in [2.45, 2.75) is 23.8 Å². The van der Waals surface area contributed by atoms with Crippen LogP contribution in [0, 0.1) is 6.26 Å². The molecule has 0 unspecified atom stereocenters. The minimum Gasteiger partial charge on any atom is -0.202 e. The van der Waals surface area contributed by atoms with Crippen LogP contribution in [0.25, 0.3) is 0 Å². The van der Waals surface area contributed by atoms with E-state index in [-0.39, 0.29) is 0 Å². The first kappa shape index (κ1) is 7.17. The molecule has 0 spiro atoms. The van der Waals surface area contributed by atoms with E-state index in [0.29, 0.717) is 0 Å². The molecule has 1 heterocycles. The van der Waals surface area contributed by atoms with Gasteiger partial charge in [-0.1, -0.05) is 0 Å². The van der Waals surface area contributed by atoms with E-state index in [1.807, 2.05) is 0 Å². The highest BCUT2D eigenvalue weighted by molar-refractivity contribution is 8.00. The van der Waals surface area contributed by atoms with E-state index in [0.717, 1.165) is 6.04 Å². The normalized spacial score (nSPS) is 16.8. The number of hydrogen-bond donors (Lipinski definition) is 0.